The molecule has 1 saturated heterocycles. The fourth-order valence-electron chi connectivity index (χ4n) is 1.87. The number of aliphatic hydroxyl groups excluding tert-OH is 2. The summed E-state index contributed by atoms with van der Waals surface area (Å²) in [6.45, 7) is 4.65. The average molecular weight is 401 g/mol. The summed E-state index contributed by atoms with van der Waals surface area (Å²) in [4.78, 5) is 0. The van der Waals surface area contributed by atoms with Gasteiger partial charge in [0.2, 0.25) is 0 Å². The van der Waals surface area contributed by atoms with Crippen molar-refractivity contribution in [2.45, 2.75) is 12.2 Å². The molecule has 0 saturated carbocycles. The highest BCUT2D eigenvalue weighted by molar-refractivity contribution is 8.02. The molecule has 0 radical (unpaired) electrons. The number of hydrogen-bond donors (Lipinski definition) is 2. The molecule has 1 heterocycles. The third-order valence-electron chi connectivity index (χ3n) is 3.10. The van der Waals surface area contributed by atoms with Crippen LogP contribution in [0.15, 0.2) is 0 Å². The smallest absolute Gasteiger partial charge is 0.0863 e. The quantitative estimate of drug-likeness (QED) is 0.595. The van der Waals surface area contributed by atoms with Crippen molar-refractivity contribution in [3.8, 4) is 0 Å². The summed E-state index contributed by atoms with van der Waals surface area (Å²) in [7, 11) is 0. The molecule has 1 rings (SSSR count). The van der Waals surface area contributed by atoms with E-state index >= 15 is 0 Å². The van der Waals surface area contributed by atoms with Gasteiger partial charge in [0.1, 0.15) is 0 Å². The Morgan fingerprint density at radius 2 is 0.840 bits per heavy atom. The van der Waals surface area contributed by atoms with E-state index in [1.165, 1.54) is 0 Å². The van der Waals surface area contributed by atoms with Crippen molar-refractivity contribution in [2.24, 2.45) is 0 Å². The molecule has 1 aliphatic heterocycles. The van der Waals surface area contributed by atoms with Gasteiger partial charge in [-0.05, 0) is 0 Å². The molecule has 0 aromatic heterocycles. The van der Waals surface area contributed by atoms with Crippen molar-refractivity contribution in [3.63, 3.8) is 0 Å². The monoisotopic (exact) mass is 400 g/mol. The van der Waals surface area contributed by atoms with Gasteiger partial charge in [0.15, 0.2) is 0 Å². The van der Waals surface area contributed by atoms with E-state index in [0.717, 1.165) is 11.5 Å². The molecule has 0 aromatic carbocycles. The summed E-state index contributed by atoms with van der Waals surface area (Å²) in [5.74, 6) is 3.18. The Bertz CT molecular complexity index is 261. The molecule has 7 nitrogen and oxygen atoms in total. The Hall–Kier alpha value is 0.420. The maximum atomic E-state index is 9.81. The van der Waals surface area contributed by atoms with Gasteiger partial charge in [-0.3, -0.25) is 0 Å². The van der Waals surface area contributed by atoms with Gasteiger partial charge in [0, 0.05) is 23.0 Å². The Morgan fingerprint density at radius 1 is 0.520 bits per heavy atom. The van der Waals surface area contributed by atoms with Crippen molar-refractivity contribution in [1.82, 2.24) is 0 Å². The maximum Gasteiger partial charge on any atom is 0.0863 e. The first-order valence-electron chi connectivity index (χ1n) is 8.69. The molecule has 25 heavy (non-hydrogen) atoms. The highest BCUT2D eigenvalue weighted by atomic mass is 32.2. The predicted molar refractivity (Wildman–Crippen MR) is 101 cm³/mol. The molecule has 0 aromatic rings. The van der Waals surface area contributed by atoms with Crippen LogP contribution in [0.25, 0.3) is 0 Å². The average Bonchev–Trinajstić information content (AvgIpc) is 2.60. The molecule has 2 unspecified atom stereocenters. The molecule has 0 spiro atoms. The minimum absolute atomic E-state index is 0.327. The zero-order chi connectivity index (χ0) is 18.0. The van der Waals surface area contributed by atoms with E-state index in [0.29, 0.717) is 77.6 Å². The van der Waals surface area contributed by atoms with Gasteiger partial charge in [0.25, 0.3) is 0 Å². The maximum absolute atomic E-state index is 9.81. The molecule has 1 fully saturated rings. The number of thioether (sulfide) groups is 2. The van der Waals surface area contributed by atoms with E-state index < -0.39 is 12.2 Å². The molecule has 1 aliphatic rings. The van der Waals surface area contributed by atoms with Crippen LogP contribution in [0.2, 0.25) is 0 Å². The summed E-state index contributed by atoms with van der Waals surface area (Å²) in [5, 5.41) is 19.6. The van der Waals surface area contributed by atoms with Crippen LogP contribution >= 0.6 is 23.5 Å². The standard InChI is InChI=1S/C16H32O7S2/c17-15-11-22-7-5-20-3-1-19-2-4-21-6-8-23-12-16(18)14-25-10-9-24-13-15/h15-18H,1-14H2. The molecule has 2 atom stereocenters. The lowest BCUT2D eigenvalue weighted by atomic mass is 10.4. The largest absolute Gasteiger partial charge is 0.390 e. The molecule has 2 N–H and O–H groups in total. The van der Waals surface area contributed by atoms with E-state index in [1.807, 2.05) is 0 Å². The first-order chi connectivity index (χ1) is 12.3. The third-order valence-corrected chi connectivity index (χ3v) is 5.59. The van der Waals surface area contributed by atoms with Gasteiger partial charge in [-0.15, -0.1) is 0 Å². The molecular weight excluding hydrogens is 368 g/mol. The van der Waals surface area contributed by atoms with Crippen LogP contribution in [-0.2, 0) is 23.7 Å². The first kappa shape index (κ1) is 23.5. The topological polar surface area (TPSA) is 86.6 Å². The fourth-order valence-corrected chi connectivity index (χ4v) is 3.88. The van der Waals surface area contributed by atoms with Crippen molar-refractivity contribution >= 4 is 23.5 Å². The van der Waals surface area contributed by atoms with E-state index in [-0.39, 0.29) is 0 Å². The minimum Gasteiger partial charge on any atom is -0.390 e. The number of ether oxygens (including phenoxy) is 5. The Kier molecular flexibility index (Phi) is 16.7. The predicted octanol–water partition coefficient (Wildman–Crippen LogP) is 0.271. The highest BCUT2D eigenvalue weighted by Crippen LogP contribution is 2.10. The van der Waals surface area contributed by atoms with Crippen LogP contribution in [-0.4, -0.2) is 112 Å². The van der Waals surface area contributed by atoms with Crippen LogP contribution in [0.1, 0.15) is 0 Å². The summed E-state index contributed by atoms with van der Waals surface area (Å²) in [6.07, 6.45) is -0.919. The van der Waals surface area contributed by atoms with Gasteiger partial charge >= 0.3 is 0 Å². The normalized spacial score (nSPS) is 29.0. The molecular formula is C16H32O7S2. The summed E-state index contributed by atoms with van der Waals surface area (Å²) >= 11 is 3.38. The molecule has 9 heteroatoms. The lowest BCUT2D eigenvalue weighted by Gasteiger charge is -2.12. The van der Waals surface area contributed by atoms with Crippen LogP contribution in [0, 0.1) is 0 Å². The van der Waals surface area contributed by atoms with Gasteiger partial charge < -0.3 is 33.9 Å². The van der Waals surface area contributed by atoms with Gasteiger partial charge in [0.05, 0.1) is 78.3 Å². The Balaban J connectivity index is 2.14. The third kappa shape index (κ3) is 16.3. The van der Waals surface area contributed by atoms with E-state index in [1.54, 1.807) is 23.5 Å². The second kappa shape index (κ2) is 17.8. The summed E-state index contributed by atoms with van der Waals surface area (Å²) < 4.78 is 26.9. The van der Waals surface area contributed by atoms with Crippen LogP contribution in [0.5, 0.6) is 0 Å². The number of hydrogen-bond acceptors (Lipinski definition) is 9. The van der Waals surface area contributed by atoms with Crippen molar-refractivity contribution in [1.29, 1.82) is 0 Å². The molecule has 0 aliphatic carbocycles. The SMILES string of the molecule is OC1COCCOCCOCCOCCOCC(O)CSCCSC1. The van der Waals surface area contributed by atoms with Crippen LogP contribution < -0.4 is 0 Å². The lowest BCUT2D eigenvalue weighted by molar-refractivity contribution is -0.0231. The van der Waals surface area contributed by atoms with Gasteiger partial charge in [-0.2, -0.15) is 23.5 Å². The van der Waals surface area contributed by atoms with E-state index in [9.17, 15) is 10.2 Å². The Labute approximate surface area is 159 Å². The van der Waals surface area contributed by atoms with Crippen LogP contribution in [0.3, 0.4) is 0 Å². The molecule has 150 valence electrons. The van der Waals surface area contributed by atoms with Gasteiger partial charge in [-0.1, -0.05) is 0 Å². The highest BCUT2D eigenvalue weighted by Gasteiger charge is 2.07. The minimum atomic E-state index is -0.459. The number of rotatable bonds is 0. The summed E-state index contributed by atoms with van der Waals surface area (Å²) in [6, 6.07) is 0. The molecule has 0 amide bonds. The second-order valence-electron chi connectivity index (χ2n) is 5.44. The van der Waals surface area contributed by atoms with E-state index in [2.05, 4.69) is 0 Å². The van der Waals surface area contributed by atoms with Crippen molar-refractivity contribution in [3.05, 3.63) is 0 Å². The first-order valence-corrected chi connectivity index (χ1v) is 11.0. The fraction of sp³-hybridized carbons (Fsp3) is 1.00. The van der Waals surface area contributed by atoms with Gasteiger partial charge in [-0.25, -0.2) is 0 Å². The summed E-state index contributed by atoms with van der Waals surface area (Å²) in [5.41, 5.74) is 0. The number of aliphatic hydroxyl groups is 2. The zero-order valence-corrected chi connectivity index (χ0v) is 16.4. The second-order valence-corrected chi connectivity index (χ2v) is 7.74. The van der Waals surface area contributed by atoms with E-state index in [4.69, 9.17) is 23.7 Å². The van der Waals surface area contributed by atoms with Crippen molar-refractivity contribution in [2.75, 3.05) is 89.1 Å². The zero-order valence-electron chi connectivity index (χ0n) is 14.8. The van der Waals surface area contributed by atoms with Crippen LogP contribution in [0.4, 0.5) is 0 Å². The molecule has 0 bridgehead atoms. The van der Waals surface area contributed by atoms with Crippen molar-refractivity contribution < 1.29 is 33.9 Å². The lowest BCUT2D eigenvalue weighted by Crippen LogP contribution is -2.21. The Morgan fingerprint density at radius 3 is 1.20 bits per heavy atom.